The topological polar surface area (TPSA) is 55.9 Å². The smallest absolute Gasteiger partial charge is 0.322 e. The first kappa shape index (κ1) is 21.5. The number of urea groups is 1. The summed E-state index contributed by atoms with van der Waals surface area (Å²) >= 11 is 0. The fourth-order valence-electron chi connectivity index (χ4n) is 5.26. The van der Waals surface area contributed by atoms with Crippen LogP contribution in [0.1, 0.15) is 30.0 Å². The molecule has 0 aromatic heterocycles. The molecule has 1 saturated heterocycles. The van der Waals surface area contributed by atoms with Gasteiger partial charge < -0.3 is 10.2 Å². The molecule has 33 heavy (non-hydrogen) atoms. The molecule has 1 atom stereocenters. The predicted octanol–water partition coefficient (Wildman–Crippen LogP) is 3.70. The third-order valence-electron chi connectivity index (χ3n) is 6.94. The van der Waals surface area contributed by atoms with Crippen LogP contribution in [0.15, 0.2) is 84.6 Å². The minimum Gasteiger partial charge on any atom is -0.330 e. The summed E-state index contributed by atoms with van der Waals surface area (Å²) in [6.07, 6.45) is 3.60. The SMILES string of the molecule is C=CCN1C(=O)NC(c2ccccc2)C2=C1CN(C1CCN(Cc3ccccc3)CC1)C2=O. The molecule has 1 unspecified atom stereocenters. The third kappa shape index (κ3) is 4.18. The fraction of sp³-hybridized carbons (Fsp3) is 0.333. The normalized spacial score (nSPS) is 21.9. The van der Waals surface area contributed by atoms with E-state index in [1.54, 1.807) is 11.0 Å². The second kappa shape index (κ2) is 9.24. The van der Waals surface area contributed by atoms with Gasteiger partial charge in [0.05, 0.1) is 23.9 Å². The Morgan fingerprint density at radius 3 is 2.30 bits per heavy atom. The van der Waals surface area contributed by atoms with E-state index in [0.29, 0.717) is 18.7 Å². The summed E-state index contributed by atoms with van der Waals surface area (Å²) in [5.41, 5.74) is 3.78. The Bertz CT molecular complexity index is 1060. The van der Waals surface area contributed by atoms with Crippen LogP contribution in [0.4, 0.5) is 4.79 Å². The zero-order valence-corrected chi connectivity index (χ0v) is 18.8. The zero-order chi connectivity index (χ0) is 22.8. The molecule has 5 rings (SSSR count). The first-order valence-corrected chi connectivity index (χ1v) is 11.7. The van der Waals surface area contributed by atoms with Crippen molar-refractivity contribution in [1.29, 1.82) is 0 Å². The number of piperidine rings is 1. The lowest BCUT2D eigenvalue weighted by molar-refractivity contribution is -0.128. The maximum absolute atomic E-state index is 13.7. The van der Waals surface area contributed by atoms with Crippen LogP contribution in [0.5, 0.6) is 0 Å². The Morgan fingerprint density at radius 2 is 1.64 bits per heavy atom. The van der Waals surface area contributed by atoms with Gasteiger partial charge in [-0.2, -0.15) is 0 Å². The molecule has 3 aliphatic rings. The van der Waals surface area contributed by atoms with Gasteiger partial charge in [-0.05, 0) is 24.0 Å². The lowest BCUT2D eigenvalue weighted by Gasteiger charge is -2.37. The lowest BCUT2D eigenvalue weighted by atomic mass is 9.95. The van der Waals surface area contributed by atoms with Crippen molar-refractivity contribution in [3.05, 3.63) is 95.7 Å². The number of carbonyl (C=O) groups is 2. The van der Waals surface area contributed by atoms with E-state index in [2.05, 4.69) is 41.1 Å². The molecule has 1 fully saturated rings. The van der Waals surface area contributed by atoms with Crippen LogP contribution in [-0.2, 0) is 11.3 Å². The van der Waals surface area contributed by atoms with Crippen molar-refractivity contribution in [2.75, 3.05) is 26.2 Å². The van der Waals surface area contributed by atoms with Gasteiger partial charge in [0.2, 0.25) is 0 Å². The van der Waals surface area contributed by atoms with Gasteiger partial charge in [0.15, 0.2) is 0 Å². The number of carbonyl (C=O) groups excluding carboxylic acids is 2. The number of likely N-dealkylation sites (tertiary alicyclic amines) is 1. The van der Waals surface area contributed by atoms with E-state index in [4.69, 9.17) is 0 Å². The second-order valence-electron chi connectivity index (χ2n) is 8.98. The minimum absolute atomic E-state index is 0.0504. The number of hydrogen-bond donors (Lipinski definition) is 1. The van der Waals surface area contributed by atoms with Crippen molar-refractivity contribution in [3.63, 3.8) is 0 Å². The summed E-state index contributed by atoms with van der Waals surface area (Å²) in [7, 11) is 0. The largest absolute Gasteiger partial charge is 0.330 e. The average Bonchev–Trinajstić information content (AvgIpc) is 3.19. The van der Waals surface area contributed by atoms with Crippen LogP contribution in [0.2, 0.25) is 0 Å². The summed E-state index contributed by atoms with van der Waals surface area (Å²) in [4.78, 5) is 32.7. The van der Waals surface area contributed by atoms with Gasteiger partial charge in [-0.3, -0.25) is 14.6 Å². The molecule has 0 radical (unpaired) electrons. The molecular formula is C27H30N4O2. The van der Waals surface area contributed by atoms with Crippen LogP contribution in [0, 0.1) is 0 Å². The quantitative estimate of drug-likeness (QED) is 0.694. The van der Waals surface area contributed by atoms with Gasteiger partial charge in [0.25, 0.3) is 5.91 Å². The van der Waals surface area contributed by atoms with Gasteiger partial charge in [-0.25, -0.2) is 4.79 Å². The van der Waals surface area contributed by atoms with Gasteiger partial charge >= 0.3 is 6.03 Å². The summed E-state index contributed by atoms with van der Waals surface area (Å²) in [5, 5.41) is 3.05. The molecule has 1 N–H and O–H groups in total. The zero-order valence-electron chi connectivity index (χ0n) is 18.8. The summed E-state index contributed by atoms with van der Waals surface area (Å²) in [6, 6.07) is 19.9. The molecule has 6 nitrogen and oxygen atoms in total. The van der Waals surface area contributed by atoms with E-state index in [1.807, 2.05) is 41.3 Å². The predicted molar refractivity (Wildman–Crippen MR) is 128 cm³/mol. The number of nitrogens with one attached hydrogen (secondary N) is 1. The number of amides is 3. The maximum Gasteiger partial charge on any atom is 0.322 e. The lowest BCUT2D eigenvalue weighted by Crippen LogP contribution is -2.47. The maximum atomic E-state index is 13.7. The van der Waals surface area contributed by atoms with Crippen molar-refractivity contribution in [1.82, 2.24) is 20.0 Å². The highest BCUT2D eigenvalue weighted by Gasteiger charge is 2.45. The third-order valence-corrected chi connectivity index (χ3v) is 6.94. The molecule has 0 bridgehead atoms. The van der Waals surface area contributed by atoms with Crippen molar-refractivity contribution >= 4 is 11.9 Å². The molecular weight excluding hydrogens is 412 g/mol. The highest BCUT2D eigenvalue weighted by Crippen LogP contribution is 2.38. The number of benzene rings is 2. The molecule has 2 aromatic carbocycles. The Morgan fingerprint density at radius 1 is 0.970 bits per heavy atom. The minimum atomic E-state index is -0.412. The van der Waals surface area contributed by atoms with Crippen LogP contribution in [-0.4, -0.2) is 58.9 Å². The van der Waals surface area contributed by atoms with E-state index in [1.165, 1.54) is 5.56 Å². The summed E-state index contributed by atoms with van der Waals surface area (Å²) in [6.45, 7) is 7.55. The van der Waals surface area contributed by atoms with Crippen molar-refractivity contribution < 1.29 is 9.59 Å². The molecule has 0 spiro atoms. The van der Waals surface area contributed by atoms with E-state index in [0.717, 1.165) is 43.7 Å². The number of hydrogen-bond acceptors (Lipinski definition) is 3. The Labute approximate surface area is 195 Å². The van der Waals surface area contributed by atoms with E-state index >= 15 is 0 Å². The van der Waals surface area contributed by atoms with Crippen LogP contribution >= 0.6 is 0 Å². The molecule has 2 aromatic rings. The number of nitrogens with zero attached hydrogens (tertiary/aromatic N) is 3. The van der Waals surface area contributed by atoms with Gasteiger partial charge in [0, 0.05) is 32.2 Å². The summed E-state index contributed by atoms with van der Waals surface area (Å²) < 4.78 is 0. The highest BCUT2D eigenvalue weighted by molar-refractivity contribution is 6.01. The summed E-state index contributed by atoms with van der Waals surface area (Å²) in [5.74, 6) is 0.0504. The molecule has 0 aliphatic carbocycles. The van der Waals surface area contributed by atoms with Gasteiger partial charge in [0.1, 0.15) is 0 Å². The fourth-order valence-corrected chi connectivity index (χ4v) is 5.26. The van der Waals surface area contributed by atoms with Crippen LogP contribution < -0.4 is 5.32 Å². The first-order chi connectivity index (χ1) is 16.2. The van der Waals surface area contributed by atoms with Gasteiger partial charge in [-0.15, -0.1) is 6.58 Å². The van der Waals surface area contributed by atoms with E-state index in [9.17, 15) is 9.59 Å². The molecule has 3 heterocycles. The second-order valence-corrected chi connectivity index (χ2v) is 8.98. The van der Waals surface area contributed by atoms with E-state index < -0.39 is 6.04 Å². The highest BCUT2D eigenvalue weighted by atomic mass is 16.2. The molecule has 170 valence electrons. The monoisotopic (exact) mass is 442 g/mol. The van der Waals surface area contributed by atoms with Crippen LogP contribution in [0.25, 0.3) is 0 Å². The Hall–Kier alpha value is -3.38. The molecule has 3 aliphatic heterocycles. The van der Waals surface area contributed by atoms with Crippen LogP contribution in [0.3, 0.4) is 0 Å². The number of rotatable bonds is 6. The average molecular weight is 443 g/mol. The van der Waals surface area contributed by atoms with Gasteiger partial charge in [-0.1, -0.05) is 66.7 Å². The van der Waals surface area contributed by atoms with Crippen molar-refractivity contribution in [3.8, 4) is 0 Å². The standard InChI is InChI=1S/C27H30N4O2/c1-2-15-30-23-19-31(22-13-16-29(17-14-22)18-20-9-5-3-6-10-20)26(32)24(23)25(28-27(30)33)21-11-7-4-8-12-21/h2-12,22,25H,1,13-19H2,(H,28,33). The van der Waals surface area contributed by atoms with Crippen molar-refractivity contribution in [2.45, 2.75) is 31.5 Å². The molecule has 0 saturated carbocycles. The van der Waals surface area contributed by atoms with Crippen molar-refractivity contribution in [2.24, 2.45) is 0 Å². The Balaban J connectivity index is 1.33. The first-order valence-electron chi connectivity index (χ1n) is 11.7. The van der Waals surface area contributed by atoms with E-state index in [-0.39, 0.29) is 18.0 Å². The molecule has 6 heteroatoms. The molecule has 3 amide bonds. The Kier molecular flexibility index (Phi) is 6.01.